The predicted octanol–water partition coefficient (Wildman–Crippen LogP) is 2.37. The molecule has 1 radical (unpaired) electrons. The summed E-state index contributed by atoms with van der Waals surface area (Å²) >= 11 is 1.93. The molecule has 0 unspecified atom stereocenters. The van der Waals surface area contributed by atoms with E-state index in [-0.39, 0.29) is 12.4 Å². The topological polar surface area (TPSA) is 20.2 Å². The maximum Gasteiger partial charge on any atom is 0.140 e. The van der Waals surface area contributed by atoms with E-state index < -0.39 is 0 Å². The minimum absolute atomic E-state index is 0.100. The van der Waals surface area contributed by atoms with Crippen molar-refractivity contribution in [3.8, 4) is 0 Å². The second kappa shape index (κ2) is 4.18. The smallest absolute Gasteiger partial charge is 0.140 e. The summed E-state index contributed by atoms with van der Waals surface area (Å²) in [5, 5.41) is 8.80. The van der Waals surface area contributed by atoms with Gasteiger partial charge < -0.3 is 5.11 Å². The molecular formula is C9H9FIO. The monoisotopic (exact) mass is 279 g/mol. The van der Waals surface area contributed by atoms with E-state index in [2.05, 4.69) is 0 Å². The Kier molecular flexibility index (Phi) is 3.46. The first-order valence-electron chi connectivity index (χ1n) is 3.54. The minimum Gasteiger partial charge on any atom is -0.395 e. The van der Waals surface area contributed by atoms with Gasteiger partial charge in [0.05, 0.1) is 6.61 Å². The Morgan fingerprint density at radius 3 is 2.83 bits per heavy atom. The van der Waals surface area contributed by atoms with Crippen molar-refractivity contribution in [2.75, 3.05) is 6.61 Å². The summed E-state index contributed by atoms with van der Waals surface area (Å²) in [5.41, 5.74) is 0.504. The van der Waals surface area contributed by atoms with Crippen molar-refractivity contribution in [1.82, 2.24) is 0 Å². The number of hydrogen-bond acceptors (Lipinski definition) is 1. The standard InChI is InChI=1S/C9H9FIO/c1-6(5-12)7-3-2-4-8(11)9(7)10/h2-4,12H,5H2,1H3. The molecule has 0 aromatic heterocycles. The summed E-state index contributed by atoms with van der Waals surface area (Å²) in [6.07, 6.45) is 0. The zero-order valence-electron chi connectivity index (χ0n) is 6.64. The van der Waals surface area contributed by atoms with E-state index in [9.17, 15) is 4.39 Å². The van der Waals surface area contributed by atoms with E-state index in [4.69, 9.17) is 5.11 Å². The highest BCUT2D eigenvalue weighted by molar-refractivity contribution is 14.1. The average molecular weight is 279 g/mol. The van der Waals surface area contributed by atoms with Gasteiger partial charge in [-0.2, -0.15) is 0 Å². The number of rotatable bonds is 2. The van der Waals surface area contributed by atoms with Crippen molar-refractivity contribution < 1.29 is 9.50 Å². The Bertz CT molecular complexity index is 275. The fourth-order valence-electron chi connectivity index (χ4n) is 0.919. The van der Waals surface area contributed by atoms with Gasteiger partial charge in [0.2, 0.25) is 0 Å². The molecule has 0 saturated carbocycles. The third kappa shape index (κ3) is 1.95. The van der Waals surface area contributed by atoms with Crippen LogP contribution in [0.15, 0.2) is 18.2 Å². The lowest BCUT2D eigenvalue weighted by Crippen LogP contribution is -2.03. The first-order valence-corrected chi connectivity index (χ1v) is 4.62. The molecule has 0 aliphatic heterocycles. The first kappa shape index (κ1) is 9.92. The number of aliphatic hydroxyl groups excluding tert-OH is 1. The molecule has 3 heteroatoms. The van der Waals surface area contributed by atoms with E-state index in [0.29, 0.717) is 15.1 Å². The van der Waals surface area contributed by atoms with Gasteiger partial charge in [-0.25, -0.2) is 4.39 Å². The van der Waals surface area contributed by atoms with Gasteiger partial charge in [-0.05, 0) is 34.2 Å². The third-order valence-electron chi connectivity index (χ3n) is 1.65. The molecule has 0 fully saturated rings. The fourth-order valence-corrected chi connectivity index (χ4v) is 1.42. The highest BCUT2D eigenvalue weighted by atomic mass is 127. The molecule has 0 saturated heterocycles. The van der Waals surface area contributed by atoms with Crippen molar-refractivity contribution in [3.63, 3.8) is 0 Å². The molecule has 65 valence electrons. The minimum atomic E-state index is -0.246. The summed E-state index contributed by atoms with van der Waals surface area (Å²) < 4.78 is 13.9. The molecule has 1 N–H and O–H groups in total. The van der Waals surface area contributed by atoms with Crippen LogP contribution in [0, 0.1) is 15.3 Å². The summed E-state index contributed by atoms with van der Waals surface area (Å²) in [5.74, 6) is 0.413. The number of aliphatic hydroxyl groups is 1. The second-order valence-corrected chi connectivity index (χ2v) is 3.70. The Morgan fingerprint density at radius 2 is 2.25 bits per heavy atom. The second-order valence-electron chi connectivity index (χ2n) is 2.54. The van der Waals surface area contributed by atoms with Crippen LogP contribution in [-0.4, -0.2) is 11.7 Å². The van der Waals surface area contributed by atoms with Crippen molar-refractivity contribution in [1.29, 1.82) is 0 Å². The maximum atomic E-state index is 13.3. The molecule has 0 atom stereocenters. The van der Waals surface area contributed by atoms with Gasteiger partial charge in [0.1, 0.15) is 5.82 Å². The van der Waals surface area contributed by atoms with Crippen molar-refractivity contribution in [2.45, 2.75) is 6.92 Å². The number of halogens is 2. The third-order valence-corrected chi connectivity index (χ3v) is 2.48. The molecule has 0 heterocycles. The lowest BCUT2D eigenvalue weighted by molar-refractivity contribution is 0.313. The van der Waals surface area contributed by atoms with Crippen LogP contribution < -0.4 is 0 Å². The molecule has 0 amide bonds. The Labute approximate surface area is 84.7 Å². The predicted molar refractivity (Wildman–Crippen MR) is 54.2 cm³/mol. The van der Waals surface area contributed by atoms with Crippen LogP contribution in [0.4, 0.5) is 4.39 Å². The molecule has 0 spiro atoms. The summed E-state index contributed by atoms with van der Waals surface area (Å²) in [6.45, 7) is 1.62. The SMILES string of the molecule is C[C](CO)c1cccc(I)c1F. The molecule has 1 aromatic carbocycles. The van der Waals surface area contributed by atoms with Gasteiger partial charge in [-0.3, -0.25) is 0 Å². The van der Waals surface area contributed by atoms with E-state index in [1.807, 2.05) is 22.6 Å². The van der Waals surface area contributed by atoms with Crippen molar-refractivity contribution >= 4 is 22.6 Å². The summed E-state index contributed by atoms with van der Waals surface area (Å²) in [4.78, 5) is 0. The Balaban J connectivity index is 3.07. The van der Waals surface area contributed by atoms with E-state index in [0.717, 1.165) is 0 Å². The van der Waals surface area contributed by atoms with Crippen LogP contribution in [0.2, 0.25) is 0 Å². The highest BCUT2D eigenvalue weighted by Crippen LogP contribution is 2.21. The largest absolute Gasteiger partial charge is 0.395 e. The highest BCUT2D eigenvalue weighted by Gasteiger charge is 2.11. The summed E-state index contributed by atoms with van der Waals surface area (Å²) in [6, 6.07) is 5.15. The molecule has 0 bridgehead atoms. The fraction of sp³-hybridized carbons (Fsp3) is 0.222. The molecular weight excluding hydrogens is 270 g/mol. The maximum absolute atomic E-state index is 13.3. The average Bonchev–Trinajstić information content (AvgIpc) is 2.08. The van der Waals surface area contributed by atoms with Crippen molar-refractivity contribution in [2.24, 2.45) is 0 Å². The molecule has 1 rings (SSSR count). The Morgan fingerprint density at radius 1 is 1.58 bits per heavy atom. The van der Waals surface area contributed by atoms with Gasteiger partial charge >= 0.3 is 0 Å². The molecule has 12 heavy (non-hydrogen) atoms. The van der Waals surface area contributed by atoms with Crippen LogP contribution in [0.3, 0.4) is 0 Å². The molecule has 0 aliphatic rings. The van der Waals surface area contributed by atoms with Crippen molar-refractivity contribution in [3.05, 3.63) is 39.1 Å². The zero-order chi connectivity index (χ0) is 9.14. The molecule has 1 aromatic rings. The van der Waals surface area contributed by atoms with Gasteiger partial charge in [-0.1, -0.05) is 19.1 Å². The van der Waals surface area contributed by atoms with Crippen LogP contribution in [0.25, 0.3) is 0 Å². The van der Waals surface area contributed by atoms with Gasteiger partial charge in [-0.15, -0.1) is 0 Å². The van der Waals surface area contributed by atoms with E-state index in [1.54, 1.807) is 25.1 Å². The van der Waals surface area contributed by atoms with E-state index >= 15 is 0 Å². The zero-order valence-corrected chi connectivity index (χ0v) is 8.80. The summed E-state index contributed by atoms with van der Waals surface area (Å²) in [7, 11) is 0. The first-order chi connectivity index (χ1) is 5.66. The van der Waals surface area contributed by atoms with Crippen LogP contribution in [-0.2, 0) is 0 Å². The lowest BCUT2D eigenvalue weighted by Gasteiger charge is -2.08. The molecule has 1 nitrogen and oxygen atoms in total. The Hall–Kier alpha value is -0.160. The van der Waals surface area contributed by atoms with Crippen LogP contribution >= 0.6 is 22.6 Å². The van der Waals surface area contributed by atoms with Gasteiger partial charge in [0, 0.05) is 9.49 Å². The lowest BCUT2D eigenvalue weighted by atomic mass is 10.0. The molecule has 0 aliphatic carbocycles. The number of hydrogen-bond donors (Lipinski definition) is 1. The van der Waals surface area contributed by atoms with Gasteiger partial charge in [0.15, 0.2) is 0 Å². The normalized spacial score (nSPS) is 10.8. The van der Waals surface area contributed by atoms with E-state index in [1.165, 1.54) is 0 Å². The number of benzene rings is 1. The quantitative estimate of drug-likeness (QED) is 0.824. The van der Waals surface area contributed by atoms with Gasteiger partial charge in [0.25, 0.3) is 0 Å². The van der Waals surface area contributed by atoms with Crippen LogP contribution in [0.5, 0.6) is 0 Å². The van der Waals surface area contributed by atoms with Crippen LogP contribution in [0.1, 0.15) is 12.5 Å².